The van der Waals surface area contributed by atoms with Crippen molar-refractivity contribution in [1.82, 2.24) is 0 Å². The minimum atomic E-state index is -0.544. The van der Waals surface area contributed by atoms with Crippen molar-refractivity contribution < 1.29 is 23.8 Å². The Bertz CT molecular complexity index is 778. The van der Waals surface area contributed by atoms with Crippen molar-refractivity contribution in [3.8, 4) is 5.75 Å². The zero-order valence-electron chi connectivity index (χ0n) is 13.2. The highest BCUT2D eigenvalue weighted by atomic mass is 16.6. The number of azide groups is 1. The number of fused-ring (bicyclic) bond motifs is 3. The smallest absolute Gasteiger partial charge is 0.415 e. The summed E-state index contributed by atoms with van der Waals surface area (Å²) in [4.78, 5) is 30.0. The van der Waals surface area contributed by atoms with Crippen LogP contribution in [0.4, 0.5) is 16.2 Å². The Balaban J connectivity index is 1.62. The van der Waals surface area contributed by atoms with Crippen LogP contribution < -0.4 is 14.5 Å². The van der Waals surface area contributed by atoms with Crippen molar-refractivity contribution in [2.75, 3.05) is 42.7 Å². The minimum absolute atomic E-state index is 0.0551. The van der Waals surface area contributed by atoms with Gasteiger partial charge in [0.05, 0.1) is 18.8 Å². The van der Waals surface area contributed by atoms with E-state index >= 15 is 0 Å². The van der Waals surface area contributed by atoms with E-state index in [1.807, 2.05) is 0 Å². The molecule has 2 fully saturated rings. The molecule has 0 unspecified atom stereocenters. The highest BCUT2D eigenvalue weighted by molar-refractivity contribution is 5.97. The van der Waals surface area contributed by atoms with E-state index in [-0.39, 0.29) is 31.7 Å². The van der Waals surface area contributed by atoms with Crippen LogP contribution in [0, 0.1) is 0 Å². The molecule has 2 atom stereocenters. The predicted octanol–water partition coefficient (Wildman–Crippen LogP) is 1.45. The van der Waals surface area contributed by atoms with Gasteiger partial charge in [-0.2, -0.15) is 0 Å². The monoisotopic (exact) mass is 345 g/mol. The second-order valence-corrected chi connectivity index (χ2v) is 5.83. The van der Waals surface area contributed by atoms with Gasteiger partial charge in [0.2, 0.25) is 0 Å². The van der Waals surface area contributed by atoms with Crippen molar-refractivity contribution >= 4 is 23.4 Å². The summed E-state index contributed by atoms with van der Waals surface area (Å²) >= 11 is 0. The average Bonchev–Trinajstić information content (AvgIpc) is 2.96. The van der Waals surface area contributed by atoms with Crippen molar-refractivity contribution in [3.05, 3.63) is 28.6 Å². The molecule has 0 aliphatic carbocycles. The van der Waals surface area contributed by atoms with Gasteiger partial charge in [0.15, 0.2) is 0 Å². The van der Waals surface area contributed by atoms with Gasteiger partial charge in [0, 0.05) is 23.2 Å². The van der Waals surface area contributed by atoms with E-state index in [0.29, 0.717) is 30.3 Å². The number of anilines is 2. The Morgan fingerprint density at radius 1 is 1.36 bits per heavy atom. The zero-order chi connectivity index (χ0) is 17.4. The Morgan fingerprint density at radius 3 is 3.04 bits per heavy atom. The minimum Gasteiger partial charge on any atom is -0.489 e. The molecular formula is C15H15N5O5. The molecule has 0 saturated carbocycles. The van der Waals surface area contributed by atoms with Crippen LogP contribution in [0.1, 0.15) is 0 Å². The van der Waals surface area contributed by atoms with E-state index in [4.69, 9.17) is 19.7 Å². The lowest BCUT2D eigenvalue weighted by Gasteiger charge is -2.33. The van der Waals surface area contributed by atoms with Crippen molar-refractivity contribution in [1.29, 1.82) is 0 Å². The first-order valence-electron chi connectivity index (χ1n) is 7.84. The second-order valence-electron chi connectivity index (χ2n) is 5.83. The van der Waals surface area contributed by atoms with E-state index in [9.17, 15) is 9.59 Å². The summed E-state index contributed by atoms with van der Waals surface area (Å²) in [6, 6.07) is 4.89. The quantitative estimate of drug-likeness (QED) is 0.467. The van der Waals surface area contributed by atoms with Crippen LogP contribution >= 0.6 is 0 Å². The predicted molar refractivity (Wildman–Crippen MR) is 85.7 cm³/mol. The summed E-state index contributed by atoms with van der Waals surface area (Å²) in [5.74, 6) is 0.393. The first-order valence-corrected chi connectivity index (χ1v) is 7.84. The van der Waals surface area contributed by atoms with Gasteiger partial charge in [-0.15, -0.1) is 0 Å². The van der Waals surface area contributed by atoms with Gasteiger partial charge < -0.3 is 19.1 Å². The Morgan fingerprint density at radius 2 is 2.24 bits per heavy atom. The van der Waals surface area contributed by atoms with Gasteiger partial charge in [-0.1, -0.05) is 5.11 Å². The van der Waals surface area contributed by atoms with Gasteiger partial charge in [-0.05, 0) is 17.7 Å². The molecule has 3 aliphatic rings. The van der Waals surface area contributed by atoms with E-state index in [1.54, 1.807) is 23.1 Å². The number of morpholine rings is 1. The highest BCUT2D eigenvalue weighted by Gasteiger charge is 2.46. The van der Waals surface area contributed by atoms with Crippen LogP contribution in [0.3, 0.4) is 0 Å². The molecule has 1 aromatic rings. The number of cyclic esters (lactones) is 1. The number of carbonyl (C=O) groups is 2. The van der Waals surface area contributed by atoms with Crippen molar-refractivity contribution in [2.24, 2.45) is 5.11 Å². The summed E-state index contributed by atoms with van der Waals surface area (Å²) in [6.07, 6.45) is -1.04. The van der Waals surface area contributed by atoms with Crippen LogP contribution in [-0.2, 0) is 14.3 Å². The molecule has 0 spiro atoms. The van der Waals surface area contributed by atoms with Gasteiger partial charge >= 0.3 is 6.09 Å². The van der Waals surface area contributed by atoms with Crippen LogP contribution in [0.2, 0.25) is 0 Å². The van der Waals surface area contributed by atoms with Gasteiger partial charge in [-0.3, -0.25) is 9.69 Å². The molecule has 1 aromatic carbocycles. The lowest BCUT2D eigenvalue weighted by molar-refractivity contribution is -0.125. The number of hydrogen-bond acceptors (Lipinski definition) is 6. The van der Waals surface area contributed by atoms with Crippen molar-refractivity contribution in [2.45, 2.75) is 12.1 Å². The molecule has 10 nitrogen and oxygen atoms in total. The lowest BCUT2D eigenvalue weighted by Crippen LogP contribution is -2.45. The molecular weight excluding hydrogens is 330 g/mol. The number of amides is 2. The maximum absolute atomic E-state index is 12.2. The Hall–Kier alpha value is -2.97. The number of carbonyl (C=O) groups excluding carboxylic acids is 2. The molecule has 25 heavy (non-hydrogen) atoms. The molecule has 2 saturated heterocycles. The van der Waals surface area contributed by atoms with Crippen LogP contribution in [0.5, 0.6) is 5.75 Å². The first-order chi connectivity index (χ1) is 12.2. The molecule has 3 aliphatic heterocycles. The maximum Gasteiger partial charge on any atom is 0.415 e. The van der Waals surface area contributed by atoms with Crippen LogP contribution in [0.15, 0.2) is 23.3 Å². The Labute approximate surface area is 142 Å². The normalized spacial score (nSPS) is 24.8. The van der Waals surface area contributed by atoms with E-state index in [1.165, 1.54) is 4.90 Å². The second kappa shape index (κ2) is 6.15. The van der Waals surface area contributed by atoms with E-state index in [2.05, 4.69) is 10.0 Å². The molecule has 2 amide bonds. The third kappa shape index (κ3) is 2.61. The van der Waals surface area contributed by atoms with Crippen LogP contribution in [-0.4, -0.2) is 57.1 Å². The average molecular weight is 345 g/mol. The summed E-state index contributed by atoms with van der Waals surface area (Å²) in [7, 11) is 0. The molecule has 130 valence electrons. The maximum atomic E-state index is 12.2. The topological polar surface area (TPSA) is 117 Å². The molecule has 0 N–H and O–H groups in total. The molecule has 10 heteroatoms. The number of benzene rings is 1. The zero-order valence-corrected chi connectivity index (χ0v) is 13.2. The standard InChI is InChI=1S/C15H15N5O5/c16-18-17-6-13-11-7-24-12-5-9(19-3-4-23-8-14(19)21)1-2-10(12)20(11)15(22)25-13/h1-2,5,11,13H,3-4,6-8H2/t11-,13-/m0/s1. The summed E-state index contributed by atoms with van der Waals surface area (Å²) in [5, 5.41) is 3.48. The van der Waals surface area contributed by atoms with Gasteiger partial charge in [0.1, 0.15) is 31.1 Å². The number of nitrogens with zero attached hydrogens (tertiary/aromatic N) is 5. The first kappa shape index (κ1) is 15.6. The fourth-order valence-electron chi connectivity index (χ4n) is 3.25. The highest BCUT2D eigenvalue weighted by Crippen LogP contribution is 2.41. The summed E-state index contributed by atoms with van der Waals surface area (Å²) < 4.78 is 16.2. The van der Waals surface area contributed by atoms with Gasteiger partial charge in [0.25, 0.3) is 5.91 Å². The molecule has 0 radical (unpaired) electrons. The van der Waals surface area contributed by atoms with Crippen molar-refractivity contribution in [3.63, 3.8) is 0 Å². The van der Waals surface area contributed by atoms with Crippen LogP contribution in [0.25, 0.3) is 10.4 Å². The lowest BCUT2D eigenvalue weighted by atomic mass is 10.1. The molecule has 0 bridgehead atoms. The van der Waals surface area contributed by atoms with Gasteiger partial charge in [-0.25, -0.2) is 4.79 Å². The fraction of sp³-hybridized carbons (Fsp3) is 0.467. The number of rotatable bonds is 3. The SMILES string of the molecule is [N-]=[N+]=NC[C@@H]1OC(=O)N2c3ccc(N4CCOCC4=O)cc3OC[C@@H]12. The largest absolute Gasteiger partial charge is 0.489 e. The third-order valence-corrected chi connectivity index (χ3v) is 4.44. The summed E-state index contributed by atoms with van der Waals surface area (Å²) in [6.45, 7) is 1.29. The fourth-order valence-corrected chi connectivity index (χ4v) is 3.25. The third-order valence-electron chi connectivity index (χ3n) is 4.44. The molecule has 0 aromatic heterocycles. The number of ether oxygens (including phenoxy) is 3. The van der Waals surface area contributed by atoms with E-state index < -0.39 is 12.2 Å². The molecule has 4 rings (SSSR count). The van der Waals surface area contributed by atoms with E-state index in [0.717, 1.165) is 0 Å². The molecule has 3 heterocycles. The number of hydrogen-bond donors (Lipinski definition) is 0. The Kier molecular flexibility index (Phi) is 3.83. The summed E-state index contributed by atoms with van der Waals surface area (Å²) in [5.41, 5.74) is 9.73.